The van der Waals surface area contributed by atoms with Crippen molar-refractivity contribution in [3.63, 3.8) is 0 Å². The Labute approximate surface area is 130 Å². The Hall–Kier alpha value is 1.08. The monoisotopic (exact) mass is 372 g/mol. The van der Waals surface area contributed by atoms with Crippen LogP contribution in [-0.4, -0.2) is 17.8 Å². The fourth-order valence-electron chi connectivity index (χ4n) is 1.98. The maximum Gasteiger partial charge on any atom is 0.107 e. The Morgan fingerprint density at radius 1 is 0.647 bits per heavy atom. The number of halogens is 1. The van der Waals surface area contributed by atoms with Crippen LogP contribution in [0.5, 0.6) is 0 Å². The third kappa shape index (κ3) is 17.1. The van der Waals surface area contributed by atoms with Gasteiger partial charge >= 0.3 is 0 Å². The van der Waals surface area contributed by atoms with E-state index in [0.29, 0.717) is 10.9 Å². The molecule has 0 saturated heterocycles. The largest absolute Gasteiger partial charge is 1.00 e. The summed E-state index contributed by atoms with van der Waals surface area (Å²) in [6, 6.07) is 0. The minimum absolute atomic E-state index is 0. The molecule has 106 valence electrons. The lowest BCUT2D eigenvalue weighted by molar-refractivity contribution is -0.00000369. The highest BCUT2D eigenvalue weighted by atomic mass is 127. The van der Waals surface area contributed by atoms with Gasteiger partial charge in [-0.1, -0.05) is 58.3 Å². The molecule has 0 aliphatic carbocycles. The van der Waals surface area contributed by atoms with Gasteiger partial charge in [-0.3, -0.25) is 0 Å². The van der Waals surface area contributed by atoms with Crippen LogP contribution in [0.15, 0.2) is 0 Å². The molecule has 0 rings (SSSR count). The highest BCUT2D eigenvalue weighted by Crippen LogP contribution is 2.11. The first-order chi connectivity index (χ1) is 7.81. The van der Waals surface area contributed by atoms with E-state index >= 15 is 0 Å². The molecule has 0 aliphatic heterocycles. The van der Waals surface area contributed by atoms with Crippen LogP contribution in [0, 0.1) is 0 Å². The summed E-state index contributed by atoms with van der Waals surface area (Å²) >= 11 is 0. The van der Waals surface area contributed by atoms with Crippen molar-refractivity contribution < 1.29 is 24.0 Å². The maximum absolute atomic E-state index is 2.41. The minimum Gasteiger partial charge on any atom is -1.00 e. The van der Waals surface area contributed by atoms with Gasteiger partial charge in [0.15, 0.2) is 0 Å². The summed E-state index contributed by atoms with van der Waals surface area (Å²) in [6.07, 6.45) is 17.0. The van der Waals surface area contributed by atoms with E-state index in [2.05, 4.69) is 20.1 Å². The predicted molar refractivity (Wildman–Crippen MR) is 80.5 cm³/mol. The molecule has 0 aromatic rings. The van der Waals surface area contributed by atoms with E-state index in [1.807, 2.05) is 0 Å². The molecule has 0 aliphatic rings. The van der Waals surface area contributed by atoms with E-state index in [-0.39, 0.29) is 24.0 Å². The Morgan fingerprint density at radius 3 is 1.47 bits per heavy atom. The number of hydrogen-bond donors (Lipinski definition) is 0. The van der Waals surface area contributed by atoms with Gasteiger partial charge in [0.05, 0.1) is 6.26 Å². The second-order valence-corrected chi connectivity index (χ2v) is 7.50. The Morgan fingerprint density at radius 2 is 1.06 bits per heavy atom. The molecule has 0 aromatic carbocycles. The van der Waals surface area contributed by atoms with Crippen LogP contribution < -0.4 is 24.0 Å². The Balaban J connectivity index is 0. The van der Waals surface area contributed by atoms with Gasteiger partial charge in [0.2, 0.25) is 0 Å². The zero-order valence-corrected chi connectivity index (χ0v) is 15.2. The first kappa shape index (κ1) is 20.4. The van der Waals surface area contributed by atoms with Crippen LogP contribution in [0.4, 0.5) is 0 Å². The zero-order valence-electron chi connectivity index (χ0n) is 12.3. The molecule has 0 amide bonds. The second kappa shape index (κ2) is 17.1. The van der Waals surface area contributed by atoms with Gasteiger partial charge in [-0.2, -0.15) is 0 Å². The first-order valence-electron chi connectivity index (χ1n) is 7.40. The zero-order chi connectivity index (χ0) is 12.1. The van der Waals surface area contributed by atoms with Gasteiger partial charge in [0.1, 0.15) is 11.5 Å². The highest BCUT2D eigenvalue weighted by Gasteiger charge is 2.05. The molecular formula is C15H33IS. The summed E-state index contributed by atoms with van der Waals surface area (Å²) in [4.78, 5) is 0. The van der Waals surface area contributed by atoms with Crippen molar-refractivity contribution in [3.8, 4) is 0 Å². The molecule has 17 heavy (non-hydrogen) atoms. The van der Waals surface area contributed by atoms with Gasteiger partial charge in [0.25, 0.3) is 0 Å². The summed E-state index contributed by atoms with van der Waals surface area (Å²) in [5, 5.41) is 0. The summed E-state index contributed by atoms with van der Waals surface area (Å²) in [5.41, 5.74) is 0. The predicted octanol–water partition coefficient (Wildman–Crippen LogP) is 2.18. The van der Waals surface area contributed by atoms with Crippen LogP contribution in [0.3, 0.4) is 0 Å². The van der Waals surface area contributed by atoms with E-state index in [0.717, 1.165) is 0 Å². The summed E-state index contributed by atoms with van der Waals surface area (Å²) in [6.45, 7) is 4.61. The third-order valence-corrected chi connectivity index (χ3v) is 5.31. The van der Waals surface area contributed by atoms with Crippen LogP contribution in [-0.2, 0) is 10.9 Å². The van der Waals surface area contributed by atoms with Crippen LogP contribution in [0.25, 0.3) is 0 Å². The average molecular weight is 372 g/mol. The molecule has 2 heteroatoms. The van der Waals surface area contributed by atoms with Crippen molar-refractivity contribution >= 4 is 10.9 Å². The van der Waals surface area contributed by atoms with Crippen molar-refractivity contribution in [1.82, 2.24) is 0 Å². The average Bonchev–Trinajstić information content (AvgIpc) is 2.31. The normalized spacial score (nSPS) is 12.2. The molecule has 0 N–H and O–H groups in total. The second-order valence-electron chi connectivity index (χ2n) is 4.96. The molecule has 0 radical (unpaired) electrons. The van der Waals surface area contributed by atoms with Gasteiger partial charge in [-0.05, 0) is 30.7 Å². The molecule has 1 atom stereocenters. The molecule has 1 unspecified atom stereocenters. The molecule has 0 saturated carbocycles. The lowest BCUT2D eigenvalue weighted by atomic mass is 10.1. The van der Waals surface area contributed by atoms with Gasteiger partial charge in [0, 0.05) is 0 Å². The highest BCUT2D eigenvalue weighted by molar-refractivity contribution is 7.96. The topological polar surface area (TPSA) is 0 Å². The van der Waals surface area contributed by atoms with Crippen molar-refractivity contribution in [2.24, 2.45) is 0 Å². The number of rotatable bonds is 12. The molecule has 0 bridgehead atoms. The summed E-state index contributed by atoms with van der Waals surface area (Å²) < 4.78 is 0. The van der Waals surface area contributed by atoms with Crippen LogP contribution in [0.2, 0.25) is 0 Å². The molecular weight excluding hydrogens is 339 g/mol. The van der Waals surface area contributed by atoms with Crippen molar-refractivity contribution in [1.29, 1.82) is 0 Å². The number of hydrogen-bond acceptors (Lipinski definition) is 0. The van der Waals surface area contributed by atoms with Crippen LogP contribution in [0.1, 0.15) is 78.1 Å². The van der Waals surface area contributed by atoms with E-state index < -0.39 is 0 Å². The van der Waals surface area contributed by atoms with Gasteiger partial charge in [-0.25, -0.2) is 0 Å². The van der Waals surface area contributed by atoms with Gasteiger partial charge < -0.3 is 24.0 Å². The summed E-state index contributed by atoms with van der Waals surface area (Å²) in [7, 11) is 0.710. The van der Waals surface area contributed by atoms with Crippen LogP contribution >= 0.6 is 0 Å². The summed E-state index contributed by atoms with van der Waals surface area (Å²) in [5.74, 6) is 2.87. The third-order valence-electron chi connectivity index (χ3n) is 3.34. The quantitative estimate of drug-likeness (QED) is 0.280. The number of unbranched alkanes of at least 4 members (excludes halogenated alkanes) is 9. The smallest absolute Gasteiger partial charge is 0.107 e. The molecule has 0 aromatic heterocycles. The van der Waals surface area contributed by atoms with E-state index in [4.69, 9.17) is 0 Å². The fourth-order valence-corrected chi connectivity index (χ4v) is 2.97. The van der Waals surface area contributed by atoms with Crippen molar-refractivity contribution in [3.05, 3.63) is 0 Å². The van der Waals surface area contributed by atoms with E-state index in [1.165, 1.54) is 75.7 Å². The minimum atomic E-state index is 0. The Kier molecular flexibility index (Phi) is 20.5. The van der Waals surface area contributed by atoms with Crippen molar-refractivity contribution in [2.75, 3.05) is 17.8 Å². The van der Waals surface area contributed by atoms with Crippen molar-refractivity contribution in [2.45, 2.75) is 78.1 Å². The molecule has 0 fully saturated rings. The maximum atomic E-state index is 2.41. The van der Waals surface area contributed by atoms with Gasteiger partial charge in [-0.15, -0.1) is 0 Å². The Bertz CT molecular complexity index is 128. The first-order valence-corrected chi connectivity index (χ1v) is 9.37. The van der Waals surface area contributed by atoms with E-state index in [1.54, 1.807) is 0 Å². The van der Waals surface area contributed by atoms with E-state index in [9.17, 15) is 0 Å². The fraction of sp³-hybridized carbons (Fsp3) is 1.00. The lowest BCUT2D eigenvalue weighted by Crippen LogP contribution is -3.00. The lowest BCUT2D eigenvalue weighted by Gasteiger charge is -2.02. The SMILES string of the molecule is CCCCCCCCCCCC[S+](C)CC.[I-]. The molecule has 0 spiro atoms. The molecule has 0 nitrogen and oxygen atoms in total. The standard InChI is InChI=1S/C15H33S.HI/c1-4-6-7-8-9-10-11-12-13-14-15-16(3)5-2;/h4-15H2,1-3H3;1H/q+1;/p-1. The molecule has 0 heterocycles.